The predicted octanol–water partition coefficient (Wildman–Crippen LogP) is 6.09. The molecule has 0 bridgehead atoms. The van der Waals surface area contributed by atoms with Gasteiger partial charge < -0.3 is 25.4 Å². The van der Waals surface area contributed by atoms with Gasteiger partial charge in [-0.05, 0) is 45.6 Å². The molecule has 38 heavy (non-hydrogen) atoms. The molecule has 0 aliphatic heterocycles. The SMILES string of the molecule is CCCCCCCN(C(=O)C(NC(=O)OC(C)(C)C)C(C)CC)C(C(=O)NCCCC)c1ccccc1O. The lowest BCUT2D eigenvalue weighted by atomic mass is 9.95. The first kappa shape index (κ1) is 33.3. The molecule has 3 amide bonds. The van der Waals surface area contributed by atoms with Crippen LogP contribution in [0.25, 0.3) is 0 Å². The van der Waals surface area contributed by atoms with Crippen molar-refractivity contribution in [3.8, 4) is 5.75 Å². The van der Waals surface area contributed by atoms with Crippen molar-refractivity contribution >= 4 is 17.9 Å². The van der Waals surface area contributed by atoms with Gasteiger partial charge in [-0.15, -0.1) is 0 Å². The van der Waals surface area contributed by atoms with Crippen molar-refractivity contribution < 1.29 is 24.2 Å². The van der Waals surface area contributed by atoms with Gasteiger partial charge in [0.1, 0.15) is 23.4 Å². The number of benzene rings is 1. The van der Waals surface area contributed by atoms with E-state index in [0.29, 0.717) is 31.5 Å². The number of rotatable bonds is 16. The number of phenolic OH excluding ortho intramolecular Hbond substituents is 1. The van der Waals surface area contributed by atoms with E-state index in [-0.39, 0.29) is 23.5 Å². The lowest BCUT2D eigenvalue weighted by Crippen LogP contribution is -2.55. The number of unbranched alkanes of at least 4 members (excludes halogenated alkanes) is 5. The third kappa shape index (κ3) is 11.3. The van der Waals surface area contributed by atoms with Crippen LogP contribution in [-0.4, -0.2) is 52.6 Å². The Balaban J connectivity index is 3.47. The Morgan fingerprint density at radius 2 is 1.61 bits per heavy atom. The summed E-state index contributed by atoms with van der Waals surface area (Å²) in [4.78, 5) is 42.1. The largest absolute Gasteiger partial charge is 0.508 e. The molecule has 0 fully saturated rings. The van der Waals surface area contributed by atoms with Crippen LogP contribution in [-0.2, 0) is 14.3 Å². The number of nitrogens with zero attached hydrogens (tertiary/aromatic N) is 1. The van der Waals surface area contributed by atoms with Crippen molar-refractivity contribution in [1.29, 1.82) is 0 Å². The summed E-state index contributed by atoms with van der Waals surface area (Å²) in [5.41, 5.74) is -0.354. The molecule has 1 aromatic carbocycles. The number of amides is 3. The van der Waals surface area contributed by atoms with Crippen LogP contribution in [0.4, 0.5) is 4.79 Å². The van der Waals surface area contributed by atoms with Gasteiger partial charge in [0.15, 0.2) is 0 Å². The third-order valence-electron chi connectivity index (χ3n) is 6.56. The topological polar surface area (TPSA) is 108 Å². The Hall–Kier alpha value is -2.77. The van der Waals surface area contributed by atoms with Crippen molar-refractivity contribution in [2.24, 2.45) is 5.92 Å². The van der Waals surface area contributed by atoms with Gasteiger partial charge in [-0.1, -0.05) is 84.4 Å². The summed E-state index contributed by atoms with van der Waals surface area (Å²) in [5.74, 6) is -0.959. The fraction of sp³-hybridized carbons (Fsp3) is 0.700. The van der Waals surface area contributed by atoms with Crippen molar-refractivity contribution in [2.45, 2.75) is 118 Å². The van der Waals surface area contributed by atoms with Gasteiger partial charge >= 0.3 is 6.09 Å². The number of nitrogens with one attached hydrogen (secondary N) is 2. The van der Waals surface area contributed by atoms with Crippen LogP contribution < -0.4 is 10.6 Å². The fourth-order valence-electron chi connectivity index (χ4n) is 4.20. The van der Waals surface area contributed by atoms with Crippen molar-refractivity contribution in [1.82, 2.24) is 15.5 Å². The molecule has 0 radical (unpaired) electrons. The zero-order valence-electron chi connectivity index (χ0n) is 24.6. The molecule has 1 rings (SSSR count). The van der Waals surface area contributed by atoms with E-state index >= 15 is 0 Å². The minimum Gasteiger partial charge on any atom is -0.508 e. The first-order chi connectivity index (χ1) is 18.0. The van der Waals surface area contributed by atoms with E-state index in [1.54, 1.807) is 39.0 Å². The van der Waals surface area contributed by atoms with E-state index in [4.69, 9.17) is 4.74 Å². The average molecular weight is 534 g/mol. The molecular formula is C30H51N3O5. The molecule has 8 heteroatoms. The van der Waals surface area contributed by atoms with Crippen LogP contribution in [0.15, 0.2) is 24.3 Å². The number of ether oxygens (including phenoxy) is 1. The molecule has 8 nitrogen and oxygen atoms in total. The highest BCUT2D eigenvalue weighted by Crippen LogP contribution is 2.31. The molecule has 0 heterocycles. The van der Waals surface area contributed by atoms with Crippen LogP contribution in [0.3, 0.4) is 0 Å². The summed E-state index contributed by atoms with van der Waals surface area (Å²) in [6, 6.07) is 4.72. The highest BCUT2D eigenvalue weighted by molar-refractivity contribution is 5.92. The molecule has 0 aromatic heterocycles. The fourth-order valence-corrected chi connectivity index (χ4v) is 4.20. The molecule has 1 aromatic rings. The zero-order valence-corrected chi connectivity index (χ0v) is 24.6. The van der Waals surface area contributed by atoms with Crippen molar-refractivity contribution in [3.63, 3.8) is 0 Å². The van der Waals surface area contributed by atoms with E-state index in [0.717, 1.165) is 38.5 Å². The van der Waals surface area contributed by atoms with E-state index in [9.17, 15) is 19.5 Å². The maximum absolute atomic E-state index is 14.2. The van der Waals surface area contributed by atoms with Gasteiger partial charge in [-0.3, -0.25) is 9.59 Å². The first-order valence-electron chi connectivity index (χ1n) is 14.3. The number of carbonyl (C=O) groups excluding carboxylic acids is 3. The first-order valence-corrected chi connectivity index (χ1v) is 14.3. The number of aromatic hydroxyl groups is 1. The highest BCUT2D eigenvalue weighted by atomic mass is 16.6. The van der Waals surface area contributed by atoms with Crippen LogP contribution in [0.1, 0.15) is 111 Å². The third-order valence-corrected chi connectivity index (χ3v) is 6.56. The van der Waals surface area contributed by atoms with Crippen LogP contribution >= 0.6 is 0 Å². The smallest absolute Gasteiger partial charge is 0.408 e. The molecule has 3 unspecified atom stereocenters. The molecule has 0 aliphatic carbocycles. The van der Waals surface area contributed by atoms with Crippen molar-refractivity contribution in [2.75, 3.05) is 13.1 Å². The molecule has 216 valence electrons. The van der Waals surface area contributed by atoms with E-state index in [1.807, 2.05) is 20.8 Å². The monoisotopic (exact) mass is 533 g/mol. The van der Waals surface area contributed by atoms with E-state index < -0.39 is 23.8 Å². The van der Waals surface area contributed by atoms with E-state index in [2.05, 4.69) is 17.6 Å². The lowest BCUT2D eigenvalue weighted by Gasteiger charge is -2.36. The minimum atomic E-state index is -1.03. The second kappa shape index (κ2) is 16.9. The van der Waals surface area contributed by atoms with Gasteiger partial charge in [0.2, 0.25) is 11.8 Å². The van der Waals surface area contributed by atoms with Crippen LogP contribution in [0, 0.1) is 5.92 Å². The van der Waals surface area contributed by atoms with Gasteiger partial charge in [-0.2, -0.15) is 0 Å². The Bertz CT molecular complexity index is 868. The maximum atomic E-state index is 14.2. The average Bonchev–Trinajstić information content (AvgIpc) is 2.85. The summed E-state index contributed by atoms with van der Waals surface area (Å²) >= 11 is 0. The summed E-state index contributed by atoms with van der Waals surface area (Å²) in [6.07, 6.45) is 6.53. The minimum absolute atomic E-state index is 0.0490. The number of carbonyl (C=O) groups is 3. The molecule has 0 aliphatic rings. The normalized spacial score (nSPS) is 13.8. The molecule has 3 atom stereocenters. The second-order valence-electron chi connectivity index (χ2n) is 11.1. The second-order valence-corrected chi connectivity index (χ2v) is 11.1. The van der Waals surface area contributed by atoms with Crippen LogP contribution in [0.5, 0.6) is 5.75 Å². The van der Waals surface area contributed by atoms with Gasteiger partial charge in [-0.25, -0.2) is 4.79 Å². The Morgan fingerprint density at radius 3 is 2.18 bits per heavy atom. The maximum Gasteiger partial charge on any atom is 0.408 e. The number of hydrogen-bond donors (Lipinski definition) is 3. The van der Waals surface area contributed by atoms with Gasteiger partial charge in [0, 0.05) is 18.7 Å². The molecular weight excluding hydrogens is 482 g/mol. The summed E-state index contributed by atoms with van der Waals surface area (Å²) in [6.45, 7) is 14.1. The lowest BCUT2D eigenvalue weighted by molar-refractivity contribution is -0.143. The van der Waals surface area contributed by atoms with E-state index in [1.165, 1.54) is 11.0 Å². The molecule has 0 saturated heterocycles. The molecule has 0 saturated carbocycles. The standard InChI is InChI=1S/C30H51N3O5/c1-8-11-13-14-17-21-33(28(36)25(22(4)10-3)32-29(37)38-30(5,6)7)26(27(35)31-20-12-9-2)23-18-15-16-19-24(23)34/h15-16,18-19,22,25-26,34H,8-14,17,20-21H2,1-7H3,(H,31,35)(H,32,37). The highest BCUT2D eigenvalue weighted by Gasteiger charge is 2.38. The quantitative estimate of drug-likeness (QED) is 0.223. The summed E-state index contributed by atoms with van der Waals surface area (Å²) in [5, 5.41) is 16.5. The van der Waals surface area contributed by atoms with Crippen molar-refractivity contribution in [3.05, 3.63) is 29.8 Å². The number of alkyl carbamates (subject to hydrolysis) is 1. The Kier molecular flexibility index (Phi) is 14.8. The zero-order chi connectivity index (χ0) is 28.7. The number of hydrogen-bond acceptors (Lipinski definition) is 5. The summed E-state index contributed by atoms with van der Waals surface area (Å²) in [7, 11) is 0. The molecule has 3 N–H and O–H groups in total. The van der Waals surface area contributed by atoms with Gasteiger partial charge in [0.05, 0.1) is 0 Å². The number of phenols is 1. The predicted molar refractivity (Wildman–Crippen MR) is 152 cm³/mol. The Labute approximate surface area is 229 Å². The van der Waals surface area contributed by atoms with Crippen LogP contribution in [0.2, 0.25) is 0 Å². The Morgan fingerprint density at radius 1 is 0.974 bits per heavy atom. The van der Waals surface area contributed by atoms with Gasteiger partial charge in [0.25, 0.3) is 0 Å². The number of para-hydroxylation sites is 1. The molecule has 0 spiro atoms. The summed E-state index contributed by atoms with van der Waals surface area (Å²) < 4.78 is 5.46.